The first-order valence-corrected chi connectivity index (χ1v) is 9.19. The number of hydrogen-bond donors (Lipinski definition) is 2. The van der Waals surface area contributed by atoms with E-state index in [0.29, 0.717) is 25.1 Å². The molecule has 1 aliphatic rings. The molecule has 0 fully saturated rings. The van der Waals surface area contributed by atoms with Gasteiger partial charge in [-0.3, -0.25) is 9.59 Å². The third-order valence-electron chi connectivity index (χ3n) is 3.78. The molecule has 2 N–H and O–H groups in total. The van der Waals surface area contributed by atoms with E-state index in [9.17, 15) is 9.59 Å². The topological polar surface area (TPSA) is 67.4 Å². The highest BCUT2D eigenvalue weighted by molar-refractivity contribution is 7.99. The number of aryl methyl sites for hydroxylation is 1. The summed E-state index contributed by atoms with van der Waals surface area (Å²) in [6, 6.07) is 15.5. The number of nitrogens with one attached hydrogen (secondary N) is 2. The Balaban J connectivity index is 1.38. The van der Waals surface area contributed by atoms with Gasteiger partial charge in [0.1, 0.15) is 5.75 Å². The van der Waals surface area contributed by atoms with Gasteiger partial charge in [-0.25, -0.2) is 0 Å². The first-order chi connectivity index (χ1) is 12.2. The Hall–Kier alpha value is -2.47. The van der Waals surface area contributed by atoms with E-state index in [4.69, 9.17) is 4.74 Å². The van der Waals surface area contributed by atoms with Crippen molar-refractivity contribution in [2.24, 2.45) is 0 Å². The van der Waals surface area contributed by atoms with Crippen molar-refractivity contribution in [1.29, 1.82) is 0 Å². The van der Waals surface area contributed by atoms with Gasteiger partial charge in [0.2, 0.25) is 5.91 Å². The van der Waals surface area contributed by atoms with Crippen LogP contribution in [0.3, 0.4) is 0 Å². The van der Waals surface area contributed by atoms with Crippen molar-refractivity contribution >= 4 is 29.3 Å². The van der Waals surface area contributed by atoms with Gasteiger partial charge < -0.3 is 15.4 Å². The lowest BCUT2D eigenvalue weighted by Gasteiger charge is -2.17. The number of thioether (sulfide) groups is 1. The van der Waals surface area contributed by atoms with Crippen LogP contribution in [0.1, 0.15) is 12.0 Å². The summed E-state index contributed by atoms with van der Waals surface area (Å²) in [5, 5.41) is 5.67. The monoisotopic (exact) mass is 356 g/mol. The molecule has 0 aliphatic carbocycles. The molecule has 0 unspecified atom stereocenters. The zero-order valence-electron chi connectivity index (χ0n) is 13.8. The normalized spacial score (nSPS) is 12.9. The molecule has 0 saturated carbocycles. The first kappa shape index (κ1) is 17.4. The molecule has 2 aromatic rings. The lowest BCUT2D eigenvalue weighted by Crippen LogP contribution is -2.30. The van der Waals surface area contributed by atoms with Crippen molar-refractivity contribution in [1.82, 2.24) is 5.32 Å². The molecule has 0 atom stereocenters. The van der Waals surface area contributed by atoms with Crippen molar-refractivity contribution in [2.75, 3.05) is 24.2 Å². The number of ether oxygens (including phenoxy) is 1. The molecule has 6 heteroatoms. The third-order valence-corrected chi connectivity index (χ3v) is 4.79. The molecular formula is C19H20N2O3S. The standard InChI is InChI=1S/C19H20N2O3S/c22-18-9-6-14-12-15(7-8-17(14)21-18)24-13-19(23)20-10-11-25-16-4-2-1-3-5-16/h1-5,7-8,12H,6,9-11,13H2,(H,20,23)(H,21,22). The minimum Gasteiger partial charge on any atom is -0.484 e. The fourth-order valence-electron chi connectivity index (χ4n) is 2.53. The largest absolute Gasteiger partial charge is 0.484 e. The van der Waals surface area contributed by atoms with Gasteiger partial charge in [-0.15, -0.1) is 11.8 Å². The number of amides is 2. The predicted octanol–water partition coefficient (Wildman–Crippen LogP) is 2.86. The molecule has 1 aliphatic heterocycles. The van der Waals surface area contributed by atoms with Crippen molar-refractivity contribution in [3.8, 4) is 5.75 Å². The molecule has 0 saturated heterocycles. The van der Waals surface area contributed by atoms with Crippen LogP contribution in [-0.2, 0) is 16.0 Å². The Morgan fingerprint density at radius 1 is 1.16 bits per heavy atom. The molecular weight excluding hydrogens is 336 g/mol. The van der Waals surface area contributed by atoms with Crippen LogP contribution in [0.4, 0.5) is 5.69 Å². The fraction of sp³-hybridized carbons (Fsp3) is 0.263. The highest BCUT2D eigenvalue weighted by Gasteiger charge is 2.15. The summed E-state index contributed by atoms with van der Waals surface area (Å²) in [6.07, 6.45) is 1.18. The van der Waals surface area contributed by atoms with E-state index in [1.807, 2.05) is 42.5 Å². The molecule has 5 nitrogen and oxygen atoms in total. The minimum absolute atomic E-state index is 0.0127. The predicted molar refractivity (Wildman–Crippen MR) is 99.1 cm³/mol. The van der Waals surface area contributed by atoms with Gasteiger partial charge in [0.15, 0.2) is 6.61 Å². The van der Waals surface area contributed by atoms with Gasteiger partial charge in [0.25, 0.3) is 5.91 Å². The summed E-state index contributed by atoms with van der Waals surface area (Å²) in [6.45, 7) is 0.582. The van der Waals surface area contributed by atoms with Crippen LogP contribution in [0, 0.1) is 0 Å². The number of carbonyl (C=O) groups excluding carboxylic acids is 2. The zero-order valence-corrected chi connectivity index (χ0v) is 14.6. The molecule has 1 heterocycles. The van der Waals surface area contributed by atoms with E-state index < -0.39 is 0 Å². The van der Waals surface area contributed by atoms with E-state index in [2.05, 4.69) is 10.6 Å². The zero-order chi connectivity index (χ0) is 17.5. The maximum atomic E-state index is 11.9. The van der Waals surface area contributed by atoms with E-state index in [1.54, 1.807) is 17.8 Å². The minimum atomic E-state index is -0.139. The number of fused-ring (bicyclic) bond motifs is 1. The Morgan fingerprint density at radius 2 is 2.00 bits per heavy atom. The van der Waals surface area contributed by atoms with Gasteiger partial charge >= 0.3 is 0 Å². The highest BCUT2D eigenvalue weighted by Crippen LogP contribution is 2.26. The van der Waals surface area contributed by atoms with Crippen molar-refractivity contribution in [3.63, 3.8) is 0 Å². The second-order valence-corrected chi connectivity index (χ2v) is 6.84. The van der Waals surface area contributed by atoms with Crippen LogP contribution >= 0.6 is 11.8 Å². The van der Waals surface area contributed by atoms with Gasteiger partial charge in [0.05, 0.1) is 0 Å². The summed E-state index contributed by atoms with van der Waals surface area (Å²) in [5.41, 5.74) is 1.86. The van der Waals surface area contributed by atoms with E-state index in [1.165, 1.54) is 4.90 Å². The lowest BCUT2D eigenvalue weighted by atomic mass is 10.0. The van der Waals surface area contributed by atoms with Crippen molar-refractivity contribution in [2.45, 2.75) is 17.7 Å². The van der Waals surface area contributed by atoms with E-state index >= 15 is 0 Å². The van der Waals surface area contributed by atoms with Gasteiger partial charge in [-0.05, 0) is 42.3 Å². The lowest BCUT2D eigenvalue weighted by molar-refractivity contribution is -0.123. The molecule has 0 aromatic heterocycles. The maximum Gasteiger partial charge on any atom is 0.257 e. The summed E-state index contributed by atoms with van der Waals surface area (Å²) in [4.78, 5) is 24.4. The number of rotatable bonds is 7. The number of benzene rings is 2. The molecule has 2 aromatic carbocycles. The van der Waals surface area contributed by atoms with Crippen LogP contribution in [0.2, 0.25) is 0 Å². The third kappa shape index (κ3) is 5.26. The Labute approximate surface area is 151 Å². The van der Waals surface area contributed by atoms with Crippen molar-refractivity contribution in [3.05, 3.63) is 54.1 Å². The summed E-state index contributed by atoms with van der Waals surface area (Å²) in [5.74, 6) is 1.35. The van der Waals surface area contributed by atoms with Crippen molar-refractivity contribution < 1.29 is 14.3 Å². The van der Waals surface area contributed by atoms with Crippen LogP contribution in [-0.4, -0.2) is 30.7 Å². The smallest absolute Gasteiger partial charge is 0.257 e. The SMILES string of the molecule is O=C(COc1ccc2c(c1)CCC(=O)N2)NCCSc1ccccc1. The number of hydrogen-bond acceptors (Lipinski definition) is 4. The van der Waals surface area contributed by atoms with Crippen LogP contribution in [0.5, 0.6) is 5.75 Å². The molecule has 0 spiro atoms. The van der Waals surface area contributed by atoms with Gasteiger partial charge in [-0.1, -0.05) is 18.2 Å². The van der Waals surface area contributed by atoms with Gasteiger partial charge in [0, 0.05) is 29.3 Å². The van der Waals surface area contributed by atoms with Crippen LogP contribution in [0.15, 0.2) is 53.4 Å². The first-order valence-electron chi connectivity index (χ1n) is 8.21. The maximum absolute atomic E-state index is 11.9. The second kappa shape index (κ2) is 8.58. The average Bonchev–Trinajstić information content (AvgIpc) is 2.64. The molecule has 130 valence electrons. The molecule has 0 radical (unpaired) electrons. The quantitative estimate of drug-likeness (QED) is 0.591. The number of carbonyl (C=O) groups is 2. The van der Waals surface area contributed by atoms with E-state index in [-0.39, 0.29) is 18.4 Å². The fourth-order valence-corrected chi connectivity index (χ4v) is 3.31. The highest BCUT2D eigenvalue weighted by atomic mass is 32.2. The second-order valence-electron chi connectivity index (χ2n) is 5.67. The Kier molecular flexibility index (Phi) is 5.95. The van der Waals surface area contributed by atoms with E-state index in [0.717, 1.165) is 17.0 Å². The molecule has 0 bridgehead atoms. The Morgan fingerprint density at radius 3 is 2.84 bits per heavy atom. The summed E-state index contributed by atoms with van der Waals surface area (Å²) < 4.78 is 5.54. The molecule has 25 heavy (non-hydrogen) atoms. The molecule has 3 rings (SSSR count). The summed E-state index contributed by atoms with van der Waals surface area (Å²) >= 11 is 1.70. The summed E-state index contributed by atoms with van der Waals surface area (Å²) in [7, 11) is 0. The Bertz CT molecular complexity index is 750. The van der Waals surface area contributed by atoms with Crippen LogP contribution in [0.25, 0.3) is 0 Å². The average molecular weight is 356 g/mol. The van der Waals surface area contributed by atoms with Crippen LogP contribution < -0.4 is 15.4 Å². The van der Waals surface area contributed by atoms with Gasteiger partial charge in [-0.2, -0.15) is 0 Å². The molecule has 2 amide bonds. The number of anilines is 1.